The number of anilines is 1. The summed E-state index contributed by atoms with van der Waals surface area (Å²) in [4.78, 5) is 20.1. The molecule has 1 aliphatic rings. The lowest BCUT2D eigenvalue weighted by atomic mass is 10.1. The van der Waals surface area contributed by atoms with Crippen molar-refractivity contribution in [3.63, 3.8) is 0 Å². The topological polar surface area (TPSA) is 84.6 Å². The van der Waals surface area contributed by atoms with Crippen LogP contribution < -0.4 is 5.32 Å². The largest absolute Gasteiger partial charge is 0.453 e. The maximum absolute atomic E-state index is 12.7. The van der Waals surface area contributed by atoms with Gasteiger partial charge in [0.25, 0.3) is 11.6 Å². The minimum absolute atomic E-state index is 0.113. The third-order valence-corrected chi connectivity index (χ3v) is 3.36. The third kappa shape index (κ3) is 2.85. The van der Waals surface area contributed by atoms with Crippen molar-refractivity contribution in [2.24, 2.45) is 0 Å². The van der Waals surface area contributed by atoms with Crippen molar-refractivity contribution >= 4 is 17.7 Å². The minimum atomic E-state index is -4.64. The number of rotatable bonds is 2. The predicted octanol–water partition coefficient (Wildman–Crippen LogP) is 1.31. The van der Waals surface area contributed by atoms with E-state index in [0.29, 0.717) is 24.6 Å². The van der Waals surface area contributed by atoms with Crippen LogP contribution in [0.4, 0.5) is 23.8 Å². The molecule has 0 spiro atoms. The maximum Gasteiger partial charge on any atom is 0.453 e. The van der Waals surface area contributed by atoms with Crippen molar-refractivity contribution in [1.82, 2.24) is 24.5 Å². The second-order valence-corrected chi connectivity index (χ2v) is 5.14. The highest BCUT2D eigenvalue weighted by Crippen LogP contribution is 2.27. The molecule has 1 saturated heterocycles. The van der Waals surface area contributed by atoms with Crippen LogP contribution in [0.2, 0.25) is 0 Å². The molecule has 2 aromatic rings. The quantitative estimate of drug-likeness (QED) is 0.894. The Morgan fingerprint density at radius 2 is 2.09 bits per heavy atom. The number of hydrogen-bond donors (Lipinski definition) is 1. The number of halogens is 3. The molecule has 0 bridgehead atoms. The number of amides is 1. The Bertz CT molecular complexity index is 753. The van der Waals surface area contributed by atoms with Crippen LogP contribution in [0.5, 0.6) is 0 Å². The lowest BCUT2D eigenvalue weighted by Crippen LogP contribution is -2.57. The van der Waals surface area contributed by atoms with Crippen LogP contribution in [0.3, 0.4) is 0 Å². The summed E-state index contributed by atoms with van der Waals surface area (Å²) in [5.74, 6) is -1.04. The van der Waals surface area contributed by atoms with Crippen LogP contribution in [0.15, 0.2) is 6.07 Å². The second kappa shape index (κ2) is 5.25. The summed E-state index contributed by atoms with van der Waals surface area (Å²) in [6, 6.07) is 1.46. The number of ether oxygens (including phenoxy) is 1. The zero-order chi connectivity index (χ0) is 16.8. The fourth-order valence-corrected chi connectivity index (χ4v) is 2.27. The van der Waals surface area contributed by atoms with Crippen molar-refractivity contribution < 1.29 is 22.7 Å². The van der Waals surface area contributed by atoms with Crippen molar-refractivity contribution in [2.75, 3.05) is 25.5 Å². The molecule has 0 atom stereocenters. The summed E-state index contributed by atoms with van der Waals surface area (Å²) in [6.45, 7) is 2.42. The number of carbonyl (C=O) groups excluding carboxylic acids is 1. The van der Waals surface area contributed by atoms with Gasteiger partial charge < -0.3 is 15.0 Å². The van der Waals surface area contributed by atoms with Crippen LogP contribution >= 0.6 is 0 Å². The smallest absolute Gasteiger partial charge is 0.453 e. The van der Waals surface area contributed by atoms with E-state index in [2.05, 4.69) is 25.1 Å². The first kappa shape index (κ1) is 15.3. The van der Waals surface area contributed by atoms with Gasteiger partial charge in [-0.05, 0) is 6.92 Å². The number of methoxy groups -OCH3 is 1. The van der Waals surface area contributed by atoms with Crippen LogP contribution in [0.25, 0.3) is 5.78 Å². The van der Waals surface area contributed by atoms with Gasteiger partial charge in [0.2, 0.25) is 0 Å². The molecule has 0 unspecified atom stereocenters. The molecular formula is C12H13F3N6O2. The van der Waals surface area contributed by atoms with E-state index in [1.54, 1.807) is 13.0 Å². The molecule has 3 rings (SSSR count). The Morgan fingerprint density at radius 1 is 1.39 bits per heavy atom. The molecule has 0 radical (unpaired) electrons. The SMILES string of the molecule is COC(=O)N1CC(Nc2cc(C)nc3nc(C(F)(F)F)nn23)C1. The summed E-state index contributed by atoms with van der Waals surface area (Å²) in [5, 5.41) is 6.50. The van der Waals surface area contributed by atoms with E-state index in [0.717, 1.165) is 4.52 Å². The number of nitrogens with one attached hydrogen (secondary N) is 1. The molecule has 23 heavy (non-hydrogen) atoms. The predicted molar refractivity (Wildman–Crippen MR) is 71.9 cm³/mol. The summed E-state index contributed by atoms with van der Waals surface area (Å²) in [5.41, 5.74) is 0.505. The van der Waals surface area contributed by atoms with Crippen LogP contribution in [-0.2, 0) is 10.9 Å². The number of aryl methyl sites for hydroxylation is 1. The first-order chi connectivity index (χ1) is 10.8. The number of carbonyl (C=O) groups is 1. The standard InChI is InChI=1S/C12H13F3N6O2/c1-6-3-8(17-7-4-20(5-7)11(22)23-2)21-10(16-6)18-9(19-21)12(13,14)15/h3,7,17H,4-5H2,1-2H3. The van der Waals surface area contributed by atoms with Gasteiger partial charge in [-0.25, -0.2) is 9.78 Å². The summed E-state index contributed by atoms with van der Waals surface area (Å²) >= 11 is 0. The number of nitrogens with zero attached hydrogens (tertiary/aromatic N) is 5. The number of likely N-dealkylation sites (tertiary alicyclic amines) is 1. The average Bonchev–Trinajstić information content (AvgIpc) is 2.85. The Morgan fingerprint density at radius 3 is 2.70 bits per heavy atom. The van der Waals surface area contributed by atoms with Crippen molar-refractivity contribution in [2.45, 2.75) is 19.1 Å². The normalized spacial score (nSPS) is 15.6. The highest BCUT2D eigenvalue weighted by molar-refractivity contribution is 5.69. The lowest BCUT2D eigenvalue weighted by molar-refractivity contribution is -0.144. The zero-order valence-electron chi connectivity index (χ0n) is 12.3. The molecule has 3 heterocycles. The van der Waals surface area contributed by atoms with Gasteiger partial charge in [0.05, 0.1) is 13.2 Å². The minimum Gasteiger partial charge on any atom is -0.453 e. The molecule has 1 fully saturated rings. The van der Waals surface area contributed by atoms with Crippen LogP contribution in [-0.4, -0.2) is 56.8 Å². The van der Waals surface area contributed by atoms with E-state index in [1.165, 1.54) is 12.0 Å². The van der Waals surface area contributed by atoms with E-state index in [1.807, 2.05) is 0 Å². The molecule has 0 saturated carbocycles. The number of fused-ring (bicyclic) bond motifs is 1. The fraction of sp³-hybridized carbons (Fsp3) is 0.500. The first-order valence-electron chi connectivity index (χ1n) is 6.69. The van der Waals surface area contributed by atoms with Gasteiger partial charge >= 0.3 is 12.3 Å². The Kier molecular flexibility index (Phi) is 3.49. The van der Waals surface area contributed by atoms with Gasteiger partial charge in [0.15, 0.2) is 0 Å². The van der Waals surface area contributed by atoms with Crippen molar-refractivity contribution in [3.05, 3.63) is 17.6 Å². The molecule has 11 heteroatoms. The average molecular weight is 330 g/mol. The highest BCUT2D eigenvalue weighted by Gasteiger charge is 2.37. The summed E-state index contributed by atoms with van der Waals surface area (Å²) in [7, 11) is 1.28. The summed E-state index contributed by atoms with van der Waals surface area (Å²) in [6.07, 6.45) is -5.09. The molecule has 1 aliphatic heterocycles. The van der Waals surface area contributed by atoms with Gasteiger partial charge in [-0.15, -0.1) is 5.10 Å². The molecule has 8 nitrogen and oxygen atoms in total. The summed E-state index contributed by atoms with van der Waals surface area (Å²) < 4.78 is 43.8. The molecule has 1 N–H and O–H groups in total. The van der Waals surface area contributed by atoms with Gasteiger partial charge in [0.1, 0.15) is 5.82 Å². The first-order valence-corrected chi connectivity index (χ1v) is 6.69. The number of aromatic nitrogens is 4. The van der Waals surface area contributed by atoms with Gasteiger partial charge in [-0.2, -0.15) is 22.7 Å². The lowest BCUT2D eigenvalue weighted by Gasteiger charge is -2.38. The van der Waals surface area contributed by atoms with Crippen LogP contribution in [0.1, 0.15) is 11.5 Å². The molecule has 2 aromatic heterocycles. The van der Waals surface area contributed by atoms with Crippen LogP contribution in [0, 0.1) is 6.92 Å². The number of alkyl halides is 3. The van der Waals surface area contributed by atoms with Crippen molar-refractivity contribution in [1.29, 1.82) is 0 Å². The van der Waals surface area contributed by atoms with E-state index in [4.69, 9.17) is 0 Å². The van der Waals surface area contributed by atoms with E-state index in [9.17, 15) is 18.0 Å². The molecule has 1 amide bonds. The highest BCUT2D eigenvalue weighted by atomic mass is 19.4. The Balaban J connectivity index is 1.84. The monoisotopic (exact) mass is 330 g/mol. The van der Waals surface area contributed by atoms with Crippen molar-refractivity contribution in [3.8, 4) is 0 Å². The van der Waals surface area contributed by atoms with E-state index in [-0.39, 0.29) is 11.8 Å². The van der Waals surface area contributed by atoms with Gasteiger partial charge in [-0.3, -0.25) is 0 Å². The molecule has 124 valence electrons. The Hall–Kier alpha value is -2.59. The second-order valence-electron chi connectivity index (χ2n) is 5.14. The fourth-order valence-electron chi connectivity index (χ4n) is 2.27. The number of hydrogen-bond acceptors (Lipinski definition) is 6. The van der Waals surface area contributed by atoms with E-state index < -0.39 is 18.1 Å². The zero-order valence-corrected chi connectivity index (χ0v) is 12.3. The van der Waals surface area contributed by atoms with Gasteiger partial charge in [-0.1, -0.05) is 0 Å². The molecule has 0 aliphatic carbocycles. The maximum atomic E-state index is 12.7. The molecular weight excluding hydrogens is 317 g/mol. The third-order valence-electron chi connectivity index (χ3n) is 3.36. The molecule has 0 aromatic carbocycles. The van der Waals surface area contributed by atoms with E-state index >= 15 is 0 Å². The Labute approximate surface area is 128 Å². The van der Waals surface area contributed by atoms with Gasteiger partial charge in [0, 0.05) is 24.8 Å².